The number of methoxy groups -OCH3 is 1. The maximum Gasteiger partial charge on any atom is 0.356 e. The number of rotatable bonds is 3. The van der Waals surface area contributed by atoms with Crippen molar-refractivity contribution in [2.45, 2.75) is 26.3 Å². The molecule has 0 N–H and O–H groups in total. The summed E-state index contributed by atoms with van der Waals surface area (Å²) in [5, 5.41) is 0. The van der Waals surface area contributed by atoms with Gasteiger partial charge >= 0.3 is 5.97 Å². The Hall–Kier alpha value is -1.36. The third kappa shape index (κ3) is 2.66. The van der Waals surface area contributed by atoms with Crippen LogP contribution >= 0.6 is 0 Å². The van der Waals surface area contributed by atoms with Gasteiger partial charge in [-0.2, -0.15) is 0 Å². The van der Waals surface area contributed by atoms with Gasteiger partial charge in [0, 0.05) is 19.8 Å². The fourth-order valence-corrected chi connectivity index (χ4v) is 2.15. The summed E-state index contributed by atoms with van der Waals surface area (Å²) in [7, 11) is 1.39. The van der Waals surface area contributed by atoms with Gasteiger partial charge in [-0.1, -0.05) is 0 Å². The fraction of sp³-hybridized carbons (Fsp3) is 0.667. The zero-order chi connectivity index (χ0) is 12.3. The van der Waals surface area contributed by atoms with Crippen LogP contribution in [-0.2, 0) is 16.0 Å². The molecule has 94 valence electrons. The lowest BCUT2D eigenvalue weighted by atomic mass is 10.0. The minimum atomic E-state index is -0.322. The topological polar surface area (TPSA) is 53.3 Å². The molecule has 0 aromatic carbocycles. The zero-order valence-corrected chi connectivity index (χ0v) is 10.3. The molecule has 0 radical (unpaired) electrons. The highest BCUT2D eigenvalue weighted by atomic mass is 16.5. The Kier molecular flexibility index (Phi) is 3.78. The Morgan fingerprint density at radius 1 is 1.59 bits per heavy atom. The first kappa shape index (κ1) is 12.1. The lowest BCUT2D eigenvalue weighted by molar-refractivity contribution is 0.0553. The fourth-order valence-electron chi connectivity index (χ4n) is 2.15. The molecule has 0 atom stereocenters. The van der Waals surface area contributed by atoms with E-state index in [2.05, 4.69) is 4.98 Å². The number of carbonyl (C=O) groups excluding carboxylic acids is 1. The molecule has 5 nitrogen and oxygen atoms in total. The summed E-state index contributed by atoms with van der Waals surface area (Å²) in [6, 6.07) is 0. The van der Waals surface area contributed by atoms with E-state index in [-0.39, 0.29) is 5.97 Å². The van der Waals surface area contributed by atoms with Crippen LogP contribution in [0.25, 0.3) is 0 Å². The van der Waals surface area contributed by atoms with Gasteiger partial charge in [0.15, 0.2) is 0 Å². The first-order chi connectivity index (χ1) is 8.22. The highest BCUT2D eigenvalue weighted by molar-refractivity contribution is 5.87. The van der Waals surface area contributed by atoms with Crippen molar-refractivity contribution < 1.29 is 14.3 Å². The van der Waals surface area contributed by atoms with E-state index in [0.29, 0.717) is 11.6 Å². The normalized spacial score (nSPS) is 17.1. The smallest absolute Gasteiger partial charge is 0.356 e. The van der Waals surface area contributed by atoms with Gasteiger partial charge < -0.3 is 14.0 Å². The molecule has 2 heterocycles. The van der Waals surface area contributed by atoms with Gasteiger partial charge in [-0.3, -0.25) is 0 Å². The maximum atomic E-state index is 11.6. The third-order valence-corrected chi connectivity index (χ3v) is 3.23. The number of hydrogen-bond acceptors (Lipinski definition) is 4. The number of carbonyl (C=O) groups is 1. The number of ether oxygens (including phenoxy) is 2. The third-order valence-electron chi connectivity index (χ3n) is 3.23. The summed E-state index contributed by atoms with van der Waals surface area (Å²) in [5.74, 6) is 1.09. The molecule has 0 spiro atoms. The average Bonchev–Trinajstić information content (AvgIpc) is 2.72. The summed E-state index contributed by atoms with van der Waals surface area (Å²) < 4.78 is 12.0. The Morgan fingerprint density at radius 2 is 2.29 bits per heavy atom. The maximum absolute atomic E-state index is 11.6. The van der Waals surface area contributed by atoms with Crippen LogP contribution in [-0.4, -0.2) is 35.8 Å². The lowest BCUT2D eigenvalue weighted by Crippen LogP contribution is -2.23. The molecule has 5 heteroatoms. The van der Waals surface area contributed by atoms with Crippen molar-refractivity contribution in [3.63, 3.8) is 0 Å². The second-order valence-electron chi connectivity index (χ2n) is 4.35. The van der Waals surface area contributed by atoms with Crippen LogP contribution in [0.15, 0.2) is 6.20 Å². The number of imidazole rings is 1. The molecule has 2 rings (SSSR count). The Labute approximate surface area is 101 Å². The minimum Gasteiger partial charge on any atom is -0.464 e. The molecule has 1 aromatic rings. The van der Waals surface area contributed by atoms with E-state index in [1.807, 2.05) is 11.5 Å². The second kappa shape index (κ2) is 5.31. The number of aromatic nitrogens is 2. The zero-order valence-electron chi connectivity index (χ0n) is 10.3. The summed E-state index contributed by atoms with van der Waals surface area (Å²) in [6.45, 7) is 4.35. The van der Waals surface area contributed by atoms with Crippen molar-refractivity contribution in [3.8, 4) is 0 Å². The van der Waals surface area contributed by atoms with Gasteiger partial charge in [0.2, 0.25) is 0 Å². The summed E-state index contributed by atoms with van der Waals surface area (Å²) >= 11 is 0. The molecule has 0 bridgehead atoms. The summed E-state index contributed by atoms with van der Waals surface area (Å²) in [6.07, 6.45) is 3.66. The standard InChI is InChI=1S/C12H18N2O3/c1-9-13-7-11(12(15)16-2)14(9)8-10-3-5-17-6-4-10/h7,10H,3-6,8H2,1-2H3. The SMILES string of the molecule is COC(=O)c1cnc(C)n1CC1CCOCC1. The first-order valence-corrected chi connectivity index (χ1v) is 5.90. The van der Waals surface area contributed by atoms with Gasteiger partial charge in [-0.05, 0) is 25.7 Å². The van der Waals surface area contributed by atoms with Crippen molar-refractivity contribution in [2.24, 2.45) is 5.92 Å². The van der Waals surface area contributed by atoms with Gasteiger partial charge in [0.25, 0.3) is 0 Å². The average molecular weight is 238 g/mol. The molecular formula is C12H18N2O3. The van der Waals surface area contributed by atoms with Crippen LogP contribution in [0.5, 0.6) is 0 Å². The van der Waals surface area contributed by atoms with Crippen LogP contribution in [0.2, 0.25) is 0 Å². The lowest BCUT2D eigenvalue weighted by Gasteiger charge is -2.23. The molecule has 1 fully saturated rings. The molecule has 0 amide bonds. The van der Waals surface area contributed by atoms with Crippen molar-refractivity contribution in [2.75, 3.05) is 20.3 Å². The van der Waals surface area contributed by atoms with Crippen LogP contribution in [0, 0.1) is 12.8 Å². The van der Waals surface area contributed by atoms with Gasteiger partial charge in [0.1, 0.15) is 11.5 Å². The number of nitrogens with zero attached hydrogens (tertiary/aromatic N) is 2. The number of hydrogen-bond donors (Lipinski definition) is 0. The number of aryl methyl sites for hydroxylation is 1. The van der Waals surface area contributed by atoms with Crippen molar-refractivity contribution >= 4 is 5.97 Å². The van der Waals surface area contributed by atoms with Gasteiger partial charge in [0.05, 0.1) is 13.3 Å². The predicted octanol–water partition coefficient (Wildman–Crippen LogP) is 1.40. The largest absolute Gasteiger partial charge is 0.464 e. The Morgan fingerprint density at radius 3 is 2.94 bits per heavy atom. The summed E-state index contributed by atoms with van der Waals surface area (Å²) in [4.78, 5) is 15.8. The highest BCUT2D eigenvalue weighted by Gasteiger charge is 2.20. The quantitative estimate of drug-likeness (QED) is 0.747. The van der Waals surface area contributed by atoms with E-state index in [4.69, 9.17) is 9.47 Å². The van der Waals surface area contributed by atoms with E-state index in [1.165, 1.54) is 7.11 Å². The van der Waals surface area contributed by atoms with E-state index >= 15 is 0 Å². The minimum absolute atomic E-state index is 0.322. The molecule has 0 aliphatic carbocycles. The second-order valence-corrected chi connectivity index (χ2v) is 4.35. The number of esters is 1. The first-order valence-electron chi connectivity index (χ1n) is 5.90. The van der Waals surface area contributed by atoms with E-state index in [9.17, 15) is 4.79 Å². The molecule has 1 saturated heterocycles. The molecule has 0 saturated carbocycles. The molecular weight excluding hydrogens is 220 g/mol. The van der Waals surface area contributed by atoms with E-state index in [0.717, 1.165) is 38.4 Å². The predicted molar refractivity (Wildman–Crippen MR) is 61.8 cm³/mol. The molecule has 17 heavy (non-hydrogen) atoms. The van der Waals surface area contributed by atoms with Crippen LogP contribution in [0.4, 0.5) is 0 Å². The van der Waals surface area contributed by atoms with Crippen LogP contribution < -0.4 is 0 Å². The van der Waals surface area contributed by atoms with E-state index in [1.54, 1.807) is 6.20 Å². The summed E-state index contributed by atoms with van der Waals surface area (Å²) in [5.41, 5.74) is 0.538. The Bertz CT molecular complexity index is 394. The van der Waals surface area contributed by atoms with Crippen molar-refractivity contribution in [1.82, 2.24) is 9.55 Å². The Balaban J connectivity index is 2.13. The molecule has 1 aliphatic heterocycles. The van der Waals surface area contributed by atoms with Gasteiger partial charge in [-0.15, -0.1) is 0 Å². The molecule has 0 unspecified atom stereocenters. The van der Waals surface area contributed by atoms with Gasteiger partial charge in [-0.25, -0.2) is 9.78 Å². The van der Waals surface area contributed by atoms with Crippen LogP contribution in [0.1, 0.15) is 29.2 Å². The molecule has 1 aliphatic rings. The van der Waals surface area contributed by atoms with Crippen molar-refractivity contribution in [1.29, 1.82) is 0 Å². The highest BCUT2D eigenvalue weighted by Crippen LogP contribution is 2.19. The van der Waals surface area contributed by atoms with Crippen LogP contribution in [0.3, 0.4) is 0 Å². The van der Waals surface area contributed by atoms with E-state index < -0.39 is 0 Å². The van der Waals surface area contributed by atoms with Crippen molar-refractivity contribution in [3.05, 3.63) is 17.7 Å². The monoisotopic (exact) mass is 238 g/mol. The molecule has 1 aromatic heterocycles.